The van der Waals surface area contributed by atoms with Gasteiger partial charge in [-0.1, -0.05) is 23.7 Å². The van der Waals surface area contributed by atoms with Crippen LogP contribution in [-0.2, 0) is 10.0 Å². The SMILES string of the molecule is O=S(=O)(Nc1ncns1)c1ccc2c(c1)OCC[C@@H]2N1CCC(C(F)(F)F)C[C@H]1c1ccc(F)c(Cl)c1. The Morgan fingerprint density at radius 1 is 1.14 bits per heavy atom. The van der Waals surface area contributed by atoms with Gasteiger partial charge in [0.2, 0.25) is 5.13 Å². The number of hydrogen-bond acceptors (Lipinski definition) is 7. The molecule has 1 aromatic heterocycles. The fourth-order valence-electron chi connectivity index (χ4n) is 4.96. The number of likely N-dealkylation sites (tertiary alicyclic amines) is 1. The van der Waals surface area contributed by atoms with Crippen LogP contribution in [-0.4, -0.2) is 42.0 Å². The number of aromatic nitrogens is 2. The van der Waals surface area contributed by atoms with Gasteiger partial charge in [0.1, 0.15) is 17.9 Å². The fourth-order valence-corrected chi connectivity index (χ4v) is 6.82. The molecule has 0 bridgehead atoms. The summed E-state index contributed by atoms with van der Waals surface area (Å²) in [5.74, 6) is -1.81. The van der Waals surface area contributed by atoms with Crippen LogP contribution in [0.2, 0.25) is 5.02 Å². The van der Waals surface area contributed by atoms with Gasteiger partial charge in [0.05, 0.1) is 22.4 Å². The minimum Gasteiger partial charge on any atom is -0.493 e. The summed E-state index contributed by atoms with van der Waals surface area (Å²) in [6.07, 6.45) is -2.92. The molecule has 0 aliphatic carbocycles. The summed E-state index contributed by atoms with van der Waals surface area (Å²) in [6.45, 7) is 0.397. The van der Waals surface area contributed by atoms with Crippen molar-refractivity contribution in [3.05, 3.63) is 64.7 Å². The van der Waals surface area contributed by atoms with Gasteiger partial charge >= 0.3 is 6.18 Å². The lowest BCUT2D eigenvalue weighted by atomic mass is 9.84. The first kappa shape index (κ1) is 26.1. The van der Waals surface area contributed by atoms with E-state index in [1.807, 2.05) is 4.90 Å². The van der Waals surface area contributed by atoms with Gasteiger partial charge in [0.15, 0.2) is 0 Å². The van der Waals surface area contributed by atoms with Gasteiger partial charge in [-0.15, -0.1) is 0 Å². The average Bonchev–Trinajstić information content (AvgIpc) is 3.36. The van der Waals surface area contributed by atoms with Crippen LogP contribution in [0.5, 0.6) is 5.75 Å². The van der Waals surface area contributed by atoms with Gasteiger partial charge < -0.3 is 4.74 Å². The minimum atomic E-state index is -4.36. The Balaban J connectivity index is 1.48. The summed E-state index contributed by atoms with van der Waals surface area (Å²) in [5.41, 5.74) is 1.17. The Morgan fingerprint density at radius 2 is 1.95 bits per heavy atom. The second-order valence-corrected chi connectivity index (χ2v) is 11.8. The molecule has 2 aromatic carbocycles. The van der Waals surface area contributed by atoms with E-state index in [4.69, 9.17) is 16.3 Å². The van der Waals surface area contributed by atoms with Crippen LogP contribution in [0.15, 0.2) is 47.6 Å². The smallest absolute Gasteiger partial charge is 0.391 e. The number of hydrogen-bond donors (Lipinski definition) is 1. The van der Waals surface area contributed by atoms with Gasteiger partial charge in [0.25, 0.3) is 10.0 Å². The van der Waals surface area contributed by atoms with E-state index < -0.39 is 34.0 Å². The first-order valence-corrected chi connectivity index (χ1v) is 14.0. The first-order valence-electron chi connectivity index (χ1n) is 11.4. The molecule has 1 fully saturated rings. The lowest BCUT2D eigenvalue weighted by molar-refractivity contribution is -0.192. The Hall–Kier alpha value is -2.48. The quantitative estimate of drug-likeness (QED) is 0.377. The van der Waals surface area contributed by atoms with Crippen LogP contribution >= 0.6 is 23.1 Å². The number of halogens is 5. The Morgan fingerprint density at radius 3 is 2.65 bits per heavy atom. The van der Waals surface area contributed by atoms with E-state index in [0.717, 1.165) is 17.6 Å². The molecule has 0 saturated carbocycles. The molecule has 0 radical (unpaired) electrons. The first-order chi connectivity index (χ1) is 17.5. The van der Waals surface area contributed by atoms with Crippen molar-refractivity contribution in [2.45, 2.75) is 42.4 Å². The molecule has 5 rings (SSSR count). The molecule has 0 spiro atoms. The summed E-state index contributed by atoms with van der Waals surface area (Å²) in [5, 5.41) is -0.0402. The Kier molecular flexibility index (Phi) is 7.07. The highest BCUT2D eigenvalue weighted by Gasteiger charge is 2.46. The molecule has 2 aliphatic heterocycles. The molecular formula is C23H21ClF4N4O3S2. The van der Waals surface area contributed by atoms with E-state index in [1.165, 1.54) is 30.6 Å². The summed E-state index contributed by atoms with van der Waals surface area (Å²) in [7, 11) is -3.96. The molecule has 7 nitrogen and oxygen atoms in total. The van der Waals surface area contributed by atoms with E-state index in [2.05, 4.69) is 14.1 Å². The summed E-state index contributed by atoms with van der Waals surface area (Å²) >= 11 is 6.87. The lowest BCUT2D eigenvalue weighted by Gasteiger charge is -2.46. The predicted octanol–water partition coefficient (Wildman–Crippen LogP) is 5.97. The molecule has 1 saturated heterocycles. The maximum Gasteiger partial charge on any atom is 0.391 e. The number of piperidine rings is 1. The van der Waals surface area contributed by atoms with E-state index >= 15 is 0 Å². The number of alkyl halides is 3. The van der Waals surface area contributed by atoms with E-state index in [9.17, 15) is 26.0 Å². The minimum absolute atomic E-state index is 0.0419. The molecule has 0 amide bonds. The fraction of sp³-hybridized carbons (Fsp3) is 0.391. The van der Waals surface area contributed by atoms with Crippen LogP contribution < -0.4 is 9.46 Å². The van der Waals surface area contributed by atoms with Crippen molar-refractivity contribution in [1.82, 2.24) is 14.3 Å². The largest absolute Gasteiger partial charge is 0.493 e. The van der Waals surface area contributed by atoms with Crippen molar-refractivity contribution in [1.29, 1.82) is 0 Å². The molecule has 37 heavy (non-hydrogen) atoms. The van der Waals surface area contributed by atoms with Crippen LogP contribution in [0.3, 0.4) is 0 Å². The Labute approximate surface area is 219 Å². The molecular weight excluding hydrogens is 556 g/mol. The zero-order valence-electron chi connectivity index (χ0n) is 19.1. The second-order valence-electron chi connectivity index (χ2n) is 8.89. The number of anilines is 1. The highest BCUT2D eigenvalue weighted by molar-refractivity contribution is 7.93. The summed E-state index contributed by atoms with van der Waals surface area (Å²) in [4.78, 5) is 5.74. The van der Waals surface area contributed by atoms with Gasteiger partial charge in [-0.3, -0.25) is 9.62 Å². The lowest BCUT2D eigenvalue weighted by Crippen LogP contribution is -2.44. The maximum atomic E-state index is 13.8. The highest BCUT2D eigenvalue weighted by atomic mass is 35.5. The van der Waals surface area contributed by atoms with Gasteiger partial charge in [-0.25, -0.2) is 17.8 Å². The average molecular weight is 577 g/mol. The van der Waals surface area contributed by atoms with E-state index in [0.29, 0.717) is 23.3 Å². The summed E-state index contributed by atoms with van der Waals surface area (Å²) < 4.78 is 92.4. The molecule has 3 heterocycles. The number of ether oxygens (including phenoxy) is 1. The second kappa shape index (κ2) is 10.0. The monoisotopic (exact) mass is 576 g/mol. The van der Waals surface area contributed by atoms with Crippen molar-refractivity contribution >= 4 is 38.3 Å². The molecule has 198 valence electrons. The topological polar surface area (TPSA) is 84.4 Å². The maximum absolute atomic E-state index is 13.8. The standard InChI is InChI=1S/C23H21ClF4N4O3S2/c24-17-9-13(1-4-18(17)25)20-10-14(23(26,27)28)5-7-32(20)19-6-8-35-21-11-15(2-3-16(19)21)37(33,34)31-22-29-12-30-36-22/h1-4,9,11-12,14,19-20H,5-8,10H2,(H,29,30,31)/t14?,19-,20-/m0/s1. The molecule has 3 atom stereocenters. The number of benzene rings is 2. The molecule has 3 aromatic rings. The number of rotatable bonds is 5. The highest BCUT2D eigenvalue weighted by Crippen LogP contribution is 2.48. The predicted molar refractivity (Wildman–Crippen MR) is 130 cm³/mol. The van der Waals surface area contributed by atoms with E-state index in [1.54, 1.807) is 6.07 Å². The third-order valence-corrected chi connectivity index (χ3v) is 9.06. The van der Waals surface area contributed by atoms with Crippen molar-refractivity contribution < 1.29 is 30.7 Å². The summed E-state index contributed by atoms with van der Waals surface area (Å²) in [6, 6.07) is 7.45. The normalized spacial score (nSPS) is 22.8. The zero-order valence-corrected chi connectivity index (χ0v) is 21.5. The van der Waals surface area contributed by atoms with Crippen molar-refractivity contribution in [2.24, 2.45) is 5.92 Å². The third kappa shape index (κ3) is 5.40. The van der Waals surface area contributed by atoms with Crippen molar-refractivity contribution in [2.75, 3.05) is 17.9 Å². The van der Waals surface area contributed by atoms with Gasteiger partial charge in [-0.05, 0) is 43.1 Å². The Bertz CT molecular complexity index is 1390. The van der Waals surface area contributed by atoms with Crippen LogP contribution in [0.4, 0.5) is 22.7 Å². The number of fused-ring (bicyclic) bond motifs is 1. The van der Waals surface area contributed by atoms with Crippen LogP contribution in [0.1, 0.15) is 42.5 Å². The molecule has 2 aliphatic rings. The molecule has 14 heteroatoms. The van der Waals surface area contributed by atoms with E-state index in [-0.39, 0.29) is 47.1 Å². The molecule has 1 N–H and O–H groups in total. The molecule has 1 unspecified atom stereocenters. The zero-order chi connectivity index (χ0) is 26.4. The van der Waals surface area contributed by atoms with Crippen LogP contribution in [0, 0.1) is 11.7 Å². The number of nitrogens with one attached hydrogen (secondary N) is 1. The number of nitrogens with zero attached hydrogens (tertiary/aromatic N) is 3. The van der Waals surface area contributed by atoms with Crippen molar-refractivity contribution in [3.8, 4) is 5.75 Å². The van der Waals surface area contributed by atoms with Crippen LogP contribution in [0.25, 0.3) is 0 Å². The van der Waals surface area contributed by atoms with Gasteiger partial charge in [-0.2, -0.15) is 17.5 Å². The van der Waals surface area contributed by atoms with Gasteiger partial charge in [0, 0.05) is 41.7 Å². The number of sulfonamides is 1. The van der Waals surface area contributed by atoms with Crippen molar-refractivity contribution in [3.63, 3.8) is 0 Å². The third-order valence-electron chi connectivity index (χ3n) is 6.72.